The van der Waals surface area contributed by atoms with E-state index in [1.165, 1.54) is 12.1 Å². The van der Waals surface area contributed by atoms with Gasteiger partial charge in [-0.25, -0.2) is 9.18 Å². The summed E-state index contributed by atoms with van der Waals surface area (Å²) >= 11 is 3.12. The van der Waals surface area contributed by atoms with Crippen molar-refractivity contribution in [2.75, 3.05) is 0 Å². The van der Waals surface area contributed by atoms with E-state index < -0.39 is 23.2 Å². The van der Waals surface area contributed by atoms with E-state index in [0.29, 0.717) is 17.3 Å². The van der Waals surface area contributed by atoms with Crippen molar-refractivity contribution in [1.82, 2.24) is 5.32 Å². The fourth-order valence-corrected chi connectivity index (χ4v) is 3.06. The standard InChI is InChI=1S/C14H15BrFNO3/c15-9-5-4-6-10(16)11(9)12(18)17-14(13(19)20)7-2-1-3-8-14/h4-6H,1-3,7-8H2,(H,17,18)(H,19,20). The molecule has 1 fully saturated rings. The van der Waals surface area contributed by atoms with E-state index in [9.17, 15) is 19.1 Å². The third-order valence-electron chi connectivity index (χ3n) is 3.66. The lowest BCUT2D eigenvalue weighted by Crippen LogP contribution is -2.55. The molecule has 0 unspecified atom stereocenters. The number of hydrogen-bond acceptors (Lipinski definition) is 2. The molecule has 0 aromatic heterocycles. The molecular formula is C14H15BrFNO3. The summed E-state index contributed by atoms with van der Waals surface area (Å²) in [6, 6.07) is 4.20. The van der Waals surface area contributed by atoms with Gasteiger partial charge in [0.15, 0.2) is 0 Å². The van der Waals surface area contributed by atoms with Crippen LogP contribution in [0.3, 0.4) is 0 Å². The van der Waals surface area contributed by atoms with Crippen molar-refractivity contribution >= 4 is 27.8 Å². The summed E-state index contributed by atoms with van der Waals surface area (Å²) in [7, 11) is 0. The molecule has 1 aliphatic rings. The van der Waals surface area contributed by atoms with Crippen molar-refractivity contribution in [1.29, 1.82) is 0 Å². The quantitative estimate of drug-likeness (QED) is 0.886. The van der Waals surface area contributed by atoms with E-state index in [1.807, 2.05) is 0 Å². The zero-order chi connectivity index (χ0) is 14.8. The summed E-state index contributed by atoms with van der Waals surface area (Å²) in [5.41, 5.74) is -1.43. The topological polar surface area (TPSA) is 66.4 Å². The molecule has 2 rings (SSSR count). The molecule has 1 aromatic carbocycles. The number of hydrogen-bond donors (Lipinski definition) is 2. The minimum Gasteiger partial charge on any atom is -0.480 e. The van der Waals surface area contributed by atoms with Gasteiger partial charge >= 0.3 is 5.97 Å². The van der Waals surface area contributed by atoms with Gasteiger partial charge in [0.1, 0.15) is 11.4 Å². The zero-order valence-electron chi connectivity index (χ0n) is 10.8. The molecule has 2 N–H and O–H groups in total. The first kappa shape index (κ1) is 15.0. The molecule has 0 heterocycles. The van der Waals surface area contributed by atoms with Gasteiger partial charge < -0.3 is 10.4 Å². The number of carbonyl (C=O) groups excluding carboxylic acids is 1. The maximum Gasteiger partial charge on any atom is 0.329 e. The highest BCUT2D eigenvalue weighted by Crippen LogP contribution is 2.30. The van der Waals surface area contributed by atoms with Crippen LogP contribution < -0.4 is 5.32 Å². The number of nitrogens with one attached hydrogen (secondary N) is 1. The summed E-state index contributed by atoms with van der Waals surface area (Å²) in [6.07, 6.45) is 3.19. The monoisotopic (exact) mass is 343 g/mol. The molecule has 108 valence electrons. The van der Waals surface area contributed by atoms with Gasteiger partial charge in [0, 0.05) is 4.47 Å². The molecule has 20 heavy (non-hydrogen) atoms. The molecule has 0 radical (unpaired) electrons. The third-order valence-corrected chi connectivity index (χ3v) is 4.32. The molecular weight excluding hydrogens is 329 g/mol. The summed E-state index contributed by atoms with van der Waals surface area (Å²) in [6.45, 7) is 0. The lowest BCUT2D eigenvalue weighted by Gasteiger charge is -2.34. The Hall–Kier alpha value is -1.43. The number of halogens is 2. The van der Waals surface area contributed by atoms with E-state index in [-0.39, 0.29) is 5.56 Å². The van der Waals surface area contributed by atoms with Gasteiger partial charge in [-0.15, -0.1) is 0 Å². The number of carbonyl (C=O) groups is 2. The van der Waals surface area contributed by atoms with E-state index in [0.717, 1.165) is 19.3 Å². The minimum absolute atomic E-state index is 0.154. The first-order valence-electron chi connectivity index (χ1n) is 6.46. The molecule has 1 aliphatic carbocycles. The average Bonchev–Trinajstić information content (AvgIpc) is 2.39. The number of carboxylic acids is 1. The Morgan fingerprint density at radius 1 is 1.25 bits per heavy atom. The molecule has 0 bridgehead atoms. The predicted molar refractivity (Wildman–Crippen MR) is 75.0 cm³/mol. The van der Waals surface area contributed by atoms with Crippen molar-refractivity contribution in [3.63, 3.8) is 0 Å². The summed E-state index contributed by atoms with van der Waals surface area (Å²) in [5, 5.41) is 11.9. The van der Waals surface area contributed by atoms with Crippen molar-refractivity contribution in [3.8, 4) is 0 Å². The van der Waals surface area contributed by atoms with Crippen molar-refractivity contribution in [2.24, 2.45) is 0 Å². The number of aliphatic carboxylic acids is 1. The Kier molecular flexibility index (Phi) is 4.42. The fourth-order valence-electron chi connectivity index (χ4n) is 2.54. The highest BCUT2D eigenvalue weighted by Gasteiger charge is 2.41. The van der Waals surface area contributed by atoms with Crippen LogP contribution in [0.1, 0.15) is 42.5 Å². The van der Waals surface area contributed by atoms with E-state index in [1.54, 1.807) is 6.07 Å². The highest BCUT2D eigenvalue weighted by atomic mass is 79.9. The second-order valence-corrected chi connectivity index (χ2v) is 5.85. The van der Waals surface area contributed by atoms with E-state index >= 15 is 0 Å². The Morgan fingerprint density at radius 2 is 1.90 bits per heavy atom. The number of carboxylic acid groups (broad SMARTS) is 1. The second kappa shape index (κ2) is 5.91. The second-order valence-electron chi connectivity index (χ2n) is 5.00. The third kappa shape index (κ3) is 2.85. The molecule has 6 heteroatoms. The molecule has 0 saturated heterocycles. The van der Waals surface area contributed by atoms with Crippen LogP contribution in [0.4, 0.5) is 4.39 Å². The smallest absolute Gasteiger partial charge is 0.329 e. The fraction of sp³-hybridized carbons (Fsp3) is 0.429. The van der Waals surface area contributed by atoms with Gasteiger partial charge in [0.05, 0.1) is 5.56 Å². The molecule has 0 aliphatic heterocycles. The average molecular weight is 344 g/mol. The van der Waals surface area contributed by atoms with Crippen molar-refractivity contribution in [2.45, 2.75) is 37.6 Å². The van der Waals surface area contributed by atoms with E-state index in [4.69, 9.17) is 0 Å². The Bertz CT molecular complexity index is 521. The number of benzene rings is 1. The Balaban J connectivity index is 2.27. The van der Waals surface area contributed by atoms with Crippen LogP contribution in [0.15, 0.2) is 22.7 Å². The van der Waals surface area contributed by atoms with Crippen molar-refractivity contribution < 1.29 is 19.1 Å². The van der Waals surface area contributed by atoms with Crippen LogP contribution in [0.5, 0.6) is 0 Å². The van der Waals surface area contributed by atoms with Gasteiger partial charge in [-0.1, -0.05) is 25.3 Å². The Labute approximate surface area is 124 Å². The van der Waals surface area contributed by atoms with Gasteiger partial charge in [-0.2, -0.15) is 0 Å². The maximum absolute atomic E-state index is 13.7. The first-order chi connectivity index (χ1) is 9.46. The van der Waals surface area contributed by atoms with Crippen molar-refractivity contribution in [3.05, 3.63) is 34.1 Å². The van der Waals surface area contributed by atoms with Gasteiger partial charge in [0.25, 0.3) is 5.91 Å². The predicted octanol–water partition coefficient (Wildman–Crippen LogP) is 3.11. The molecule has 4 nitrogen and oxygen atoms in total. The molecule has 1 saturated carbocycles. The first-order valence-corrected chi connectivity index (χ1v) is 7.25. The van der Waals surface area contributed by atoms with Gasteiger partial charge in [0.2, 0.25) is 0 Å². The molecule has 0 atom stereocenters. The van der Waals surface area contributed by atoms with Gasteiger partial charge in [-0.3, -0.25) is 4.79 Å². The minimum atomic E-state index is -1.28. The molecule has 0 spiro atoms. The largest absolute Gasteiger partial charge is 0.480 e. The number of amides is 1. The summed E-state index contributed by atoms with van der Waals surface area (Å²) in [5.74, 6) is -2.43. The van der Waals surface area contributed by atoms with Crippen LogP contribution in [0.25, 0.3) is 0 Å². The van der Waals surface area contributed by atoms with Crippen LogP contribution in [-0.4, -0.2) is 22.5 Å². The van der Waals surface area contributed by atoms with Crippen LogP contribution in [0, 0.1) is 5.82 Å². The SMILES string of the molecule is O=C(NC1(C(=O)O)CCCCC1)c1c(F)cccc1Br. The lowest BCUT2D eigenvalue weighted by molar-refractivity contribution is -0.145. The van der Waals surface area contributed by atoms with Gasteiger partial charge in [-0.05, 0) is 40.9 Å². The Morgan fingerprint density at radius 3 is 2.45 bits per heavy atom. The molecule has 1 aromatic rings. The lowest BCUT2D eigenvalue weighted by atomic mass is 9.81. The summed E-state index contributed by atoms with van der Waals surface area (Å²) < 4.78 is 14.1. The maximum atomic E-state index is 13.7. The summed E-state index contributed by atoms with van der Waals surface area (Å²) in [4.78, 5) is 23.7. The highest BCUT2D eigenvalue weighted by molar-refractivity contribution is 9.10. The van der Waals surface area contributed by atoms with Crippen LogP contribution in [-0.2, 0) is 4.79 Å². The number of rotatable bonds is 3. The normalized spacial score (nSPS) is 17.5. The van der Waals surface area contributed by atoms with Crippen LogP contribution >= 0.6 is 15.9 Å². The van der Waals surface area contributed by atoms with Crippen LogP contribution in [0.2, 0.25) is 0 Å². The van der Waals surface area contributed by atoms with E-state index in [2.05, 4.69) is 21.2 Å². The zero-order valence-corrected chi connectivity index (χ0v) is 12.4. The molecule has 1 amide bonds.